The maximum absolute atomic E-state index is 3.76. The van der Waals surface area contributed by atoms with E-state index in [4.69, 9.17) is 0 Å². The summed E-state index contributed by atoms with van der Waals surface area (Å²) in [7, 11) is 0. The van der Waals surface area contributed by atoms with Gasteiger partial charge in [0, 0.05) is 6.04 Å². The second kappa shape index (κ2) is 5.66. The lowest BCUT2D eigenvalue weighted by atomic mass is 9.70. The molecule has 3 rings (SSSR count). The molecule has 3 atom stereocenters. The minimum absolute atomic E-state index is 0.774. The van der Waals surface area contributed by atoms with E-state index in [2.05, 4.69) is 43.4 Å². The van der Waals surface area contributed by atoms with Gasteiger partial charge in [0.1, 0.15) is 0 Å². The highest BCUT2D eigenvalue weighted by atomic mass is 14.9. The summed E-state index contributed by atoms with van der Waals surface area (Å²) in [5.74, 6) is 2.51. The Morgan fingerprint density at radius 3 is 2.63 bits per heavy atom. The molecule has 104 valence electrons. The Bertz CT molecular complexity index is 421. The molecule has 1 aromatic rings. The second-order valence-electron chi connectivity index (χ2n) is 6.82. The summed E-state index contributed by atoms with van der Waals surface area (Å²) in [4.78, 5) is 0. The molecule has 1 nitrogen and oxygen atoms in total. The molecule has 2 aliphatic rings. The summed E-state index contributed by atoms with van der Waals surface area (Å²) >= 11 is 0. The largest absolute Gasteiger partial charge is 0.314 e. The van der Waals surface area contributed by atoms with Crippen LogP contribution in [0.3, 0.4) is 0 Å². The summed E-state index contributed by atoms with van der Waals surface area (Å²) < 4.78 is 0. The van der Waals surface area contributed by atoms with Gasteiger partial charge in [0.15, 0.2) is 0 Å². The quantitative estimate of drug-likeness (QED) is 0.849. The number of rotatable bonds is 4. The molecular formula is C18H27N. The second-order valence-corrected chi connectivity index (χ2v) is 6.82. The van der Waals surface area contributed by atoms with Gasteiger partial charge in [-0.25, -0.2) is 0 Å². The molecule has 0 radical (unpaired) electrons. The van der Waals surface area contributed by atoms with E-state index < -0.39 is 0 Å². The third-order valence-corrected chi connectivity index (χ3v) is 5.09. The zero-order valence-electron chi connectivity index (χ0n) is 12.4. The Hall–Kier alpha value is -0.820. The van der Waals surface area contributed by atoms with Crippen molar-refractivity contribution in [2.75, 3.05) is 6.54 Å². The average molecular weight is 257 g/mol. The van der Waals surface area contributed by atoms with Gasteiger partial charge in [-0.2, -0.15) is 0 Å². The monoisotopic (exact) mass is 257 g/mol. The highest BCUT2D eigenvalue weighted by molar-refractivity contribution is 5.30. The fraction of sp³-hybridized carbons (Fsp3) is 0.667. The lowest BCUT2D eigenvalue weighted by Crippen LogP contribution is -2.32. The minimum atomic E-state index is 0.774. The van der Waals surface area contributed by atoms with Crippen LogP contribution >= 0.6 is 0 Å². The predicted octanol–water partition coefficient (Wildman–Crippen LogP) is 4.27. The first kappa shape index (κ1) is 13.2. The molecule has 0 bridgehead atoms. The molecule has 0 heterocycles. The number of benzene rings is 1. The zero-order chi connectivity index (χ0) is 13.2. The Morgan fingerprint density at radius 2 is 1.89 bits per heavy atom. The van der Waals surface area contributed by atoms with Gasteiger partial charge in [0.2, 0.25) is 0 Å². The van der Waals surface area contributed by atoms with Gasteiger partial charge in [0.25, 0.3) is 0 Å². The van der Waals surface area contributed by atoms with Crippen molar-refractivity contribution in [3.63, 3.8) is 0 Å². The van der Waals surface area contributed by atoms with Crippen molar-refractivity contribution >= 4 is 0 Å². The van der Waals surface area contributed by atoms with Gasteiger partial charge >= 0.3 is 0 Å². The molecule has 2 fully saturated rings. The lowest BCUT2D eigenvalue weighted by Gasteiger charge is -2.36. The maximum atomic E-state index is 3.76. The summed E-state index contributed by atoms with van der Waals surface area (Å²) in [6.07, 6.45) is 7.00. The molecular weight excluding hydrogens is 230 g/mol. The smallest absolute Gasteiger partial charge is 0.00683 e. The molecule has 1 heteroatoms. The van der Waals surface area contributed by atoms with Crippen molar-refractivity contribution in [1.29, 1.82) is 0 Å². The Kier molecular flexibility index (Phi) is 3.93. The van der Waals surface area contributed by atoms with Gasteiger partial charge in [-0.3, -0.25) is 0 Å². The van der Waals surface area contributed by atoms with E-state index >= 15 is 0 Å². The molecule has 0 amide bonds. The van der Waals surface area contributed by atoms with Gasteiger partial charge < -0.3 is 5.32 Å². The van der Waals surface area contributed by atoms with E-state index in [0.717, 1.165) is 23.8 Å². The van der Waals surface area contributed by atoms with Crippen LogP contribution in [-0.2, 0) is 0 Å². The number of hydrogen-bond acceptors (Lipinski definition) is 1. The van der Waals surface area contributed by atoms with Gasteiger partial charge in [-0.15, -0.1) is 0 Å². The first-order valence-corrected chi connectivity index (χ1v) is 8.03. The lowest BCUT2D eigenvalue weighted by molar-refractivity contribution is 0.240. The fourth-order valence-electron chi connectivity index (χ4n) is 3.68. The molecule has 0 aromatic heterocycles. The normalized spacial score (nSPS) is 31.4. The van der Waals surface area contributed by atoms with E-state index in [1.807, 2.05) is 0 Å². The Balaban J connectivity index is 1.74. The molecule has 0 spiro atoms. The van der Waals surface area contributed by atoms with Crippen LogP contribution in [0, 0.1) is 18.8 Å². The highest BCUT2D eigenvalue weighted by Crippen LogP contribution is 2.41. The summed E-state index contributed by atoms with van der Waals surface area (Å²) in [5.41, 5.74) is 3.09. The molecule has 19 heavy (non-hydrogen) atoms. The minimum Gasteiger partial charge on any atom is -0.314 e. The summed E-state index contributed by atoms with van der Waals surface area (Å²) in [6.45, 7) is 5.94. The van der Waals surface area contributed by atoms with Crippen LogP contribution in [0.2, 0.25) is 0 Å². The first-order valence-electron chi connectivity index (χ1n) is 8.03. The van der Waals surface area contributed by atoms with Crippen molar-refractivity contribution in [2.45, 2.75) is 57.9 Å². The molecule has 0 saturated heterocycles. The van der Waals surface area contributed by atoms with Crippen LogP contribution < -0.4 is 5.32 Å². The molecule has 2 saturated carbocycles. The highest BCUT2D eigenvalue weighted by Gasteiger charge is 2.31. The van der Waals surface area contributed by atoms with Crippen LogP contribution in [-0.4, -0.2) is 12.6 Å². The summed E-state index contributed by atoms with van der Waals surface area (Å²) in [6, 6.07) is 9.87. The van der Waals surface area contributed by atoms with Crippen molar-refractivity contribution in [3.8, 4) is 0 Å². The van der Waals surface area contributed by atoms with Crippen molar-refractivity contribution in [3.05, 3.63) is 35.4 Å². The average Bonchev–Trinajstić information content (AvgIpc) is 3.22. The predicted molar refractivity (Wildman–Crippen MR) is 81.4 cm³/mol. The fourth-order valence-corrected chi connectivity index (χ4v) is 3.68. The molecule has 3 unspecified atom stereocenters. The van der Waals surface area contributed by atoms with E-state index in [-0.39, 0.29) is 0 Å². The Labute approximate surface area is 117 Å². The number of hydrogen-bond donors (Lipinski definition) is 1. The van der Waals surface area contributed by atoms with Crippen LogP contribution in [0.5, 0.6) is 0 Å². The van der Waals surface area contributed by atoms with Crippen LogP contribution in [0.4, 0.5) is 0 Å². The van der Waals surface area contributed by atoms with Crippen molar-refractivity contribution < 1.29 is 0 Å². The van der Waals surface area contributed by atoms with E-state index in [1.54, 1.807) is 5.56 Å². The van der Waals surface area contributed by atoms with Gasteiger partial charge in [0.05, 0.1) is 0 Å². The third-order valence-electron chi connectivity index (χ3n) is 5.09. The van der Waals surface area contributed by atoms with Gasteiger partial charge in [-0.1, -0.05) is 37.6 Å². The van der Waals surface area contributed by atoms with E-state index in [0.29, 0.717) is 0 Å². The van der Waals surface area contributed by atoms with Gasteiger partial charge in [-0.05, 0) is 68.0 Å². The third kappa shape index (κ3) is 3.20. The maximum Gasteiger partial charge on any atom is 0.00683 e. The standard InChI is InChI=1S/C18H27N/c1-13-7-8-15(12-19-16-9-10-16)18(11-13)17-6-4-3-5-14(17)2/h3-6,13,15-16,18-19H,7-12H2,1-2H3. The zero-order valence-corrected chi connectivity index (χ0v) is 12.4. The number of nitrogens with one attached hydrogen (secondary N) is 1. The molecule has 1 aromatic carbocycles. The molecule has 1 N–H and O–H groups in total. The van der Waals surface area contributed by atoms with Crippen molar-refractivity contribution in [2.24, 2.45) is 11.8 Å². The SMILES string of the molecule is Cc1ccccc1C1CC(C)CCC1CNC1CC1. The first-order chi connectivity index (χ1) is 9.24. The Morgan fingerprint density at radius 1 is 1.11 bits per heavy atom. The van der Waals surface area contributed by atoms with Crippen molar-refractivity contribution in [1.82, 2.24) is 5.32 Å². The van der Waals surface area contributed by atoms with E-state index in [9.17, 15) is 0 Å². The van der Waals surface area contributed by atoms with Crippen LogP contribution in [0.15, 0.2) is 24.3 Å². The molecule has 2 aliphatic carbocycles. The molecule has 0 aliphatic heterocycles. The summed E-state index contributed by atoms with van der Waals surface area (Å²) in [5, 5.41) is 3.76. The van der Waals surface area contributed by atoms with E-state index in [1.165, 1.54) is 44.2 Å². The number of aryl methyl sites for hydroxylation is 1. The van der Waals surface area contributed by atoms with Crippen LogP contribution in [0.25, 0.3) is 0 Å². The topological polar surface area (TPSA) is 12.0 Å². The van der Waals surface area contributed by atoms with Crippen LogP contribution in [0.1, 0.15) is 56.1 Å².